The van der Waals surface area contributed by atoms with Gasteiger partial charge >= 0.3 is 18.0 Å². The zero-order chi connectivity index (χ0) is 16.9. The monoisotopic (exact) mass is 314 g/mol. The molecule has 1 fully saturated rings. The standard InChI is InChI=1S/C14H22N2O6/c1-5-9(11(18)22-7-3)16-12(19)14(4,15-13(16)20)8-10(17)21-6-2/h9H,5-8H2,1-4H3,(H,15,20). The van der Waals surface area contributed by atoms with Crippen LogP contribution in [0.15, 0.2) is 0 Å². The average molecular weight is 314 g/mol. The number of carbonyl (C=O) groups excluding carboxylic acids is 4. The van der Waals surface area contributed by atoms with E-state index in [0.717, 1.165) is 4.90 Å². The van der Waals surface area contributed by atoms with Gasteiger partial charge in [0.25, 0.3) is 5.91 Å². The fourth-order valence-corrected chi connectivity index (χ4v) is 2.30. The summed E-state index contributed by atoms with van der Waals surface area (Å²) in [7, 11) is 0. The molecule has 1 aliphatic heterocycles. The van der Waals surface area contributed by atoms with Crippen molar-refractivity contribution in [1.29, 1.82) is 0 Å². The van der Waals surface area contributed by atoms with E-state index in [4.69, 9.17) is 9.47 Å². The van der Waals surface area contributed by atoms with Gasteiger partial charge in [-0.1, -0.05) is 6.92 Å². The summed E-state index contributed by atoms with van der Waals surface area (Å²) in [4.78, 5) is 48.9. The van der Waals surface area contributed by atoms with Crippen LogP contribution in [0.2, 0.25) is 0 Å². The van der Waals surface area contributed by atoms with Crippen LogP contribution in [-0.2, 0) is 23.9 Å². The van der Waals surface area contributed by atoms with Crippen molar-refractivity contribution < 1.29 is 28.7 Å². The minimum absolute atomic E-state index is 0.152. The number of amides is 3. The highest BCUT2D eigenvalue weighted by Gasteiger charge is 2.52. The SMILES string of the molecule is CCOC(=O)CC1(C)NC(=O)N(C(CC)C(=O)OCC)C1=O. The highest BCUT2D eigenvalue weighted by Crippen LogP contribution is 2.25. The summed E-state index contributed by atoms with van der Waals surface area (Å²) in [6, 6.07) is -1.71. The number of hydrogen-bond acceptors (Lipinski definition) is 6. The van der Waals surface area contributed by atoms with E-state index in [-0.39, 0.29) is 26.1 Å². The maximum atomic E-state index is 12.5. The van der Waals surface area contributed by atoms with Crippen LogP contribution in [0.4, 0.5) is 4.79 Å². The topological polar surface area (TPSA) is 102 Å². The van der Waals surface area contributed by atoms with Crippen LogP contribution in [-0.4, -0.2) is 53.6 Å². The van der Waals surface area contributed by atoms with Crippen LogP contribution in [0.3, 0.4) is 0 Å². The summed E-state index contributed by atoms with van der Waals surface area (Å²) in [6.45, 7) is 6.72. The number of carbonyl (C=O) groups is 4. The number of nitrogens with one attached hydrogen (secondary N) is 1. The minimum Gasteiger partial charge on any atom is -0.466 e. The lowest BCUT2D eigenvalue weighted by molar-refractivity contribution is -0.153. The largest absolute Gasteiger partial charge is 0.466 e. The number of urea groups is 1. The summed E-state index contributed by atoms with van der Waals surface area (Å²) in [5.74, 6) is -1.87. The molecule has 0 aromatic rings. The van der Waals surface area contributed by atoms with E-state index in [1.165, 1.54) is 6.92 Å². The molecule has 0 aromatic heterocycles. The molecule has 0 radical (unpaired) electrons. The van der Waals surface area contributed by atoms with Gasteiger partial charge in [-0.15, -0.1) is 0 Å². The molecule has 124 valence electrons. The van der Waals surface area contributed by atoms with Gasteiger partial charge in [0.05, 0.1) is 19.6 Å². The van der Waals surface area contributed by atoms with Gasteiger partial charge in [-0.05, 0) is 27.2 Å². The molecular formula is C14H22N2O6. The van der Waals surface area contributed by atoms with Crippen molar-refractivity contribution in [1.82, 2.24) is 10.2 Å². The van der Waals surface area contributed by atoms with E-state index in [0.29, 0.717) is 0 Å². The van der Waals surface area contributed by atoms with Gasteiger partial charge in [0, 0.05) is 0 Å². The van der Waals surface area contributed by atoms with Crippen molar-refractivity contribution in [3.05, 3.63) is 0 Å². The van der Waals surface area contributed by atoms with Crippen molar-refractivity contribution in [3.63, 3.8) is 0 Å². The highest BCUT2D eigenvalue weighted by atomic mass is 16.5. The lowest BCUT2D eigenvalue weighted by atomic mass is 9.97. The van der Waals surface area contributed by atoms with Gasteiger partial charge in [-0.3, -0.25) is 9.59 Å². The molecule has 1 N–H and O–H groups in total. The Balaban J connectivity index is 2.95. The minimum atomic E-state index is -1.41. The van der Waals surface area contributed by atoms with Gasteiger partial charge in [0.15, 0.2) is 0 Å². The lowest BCUT2D eigenvalue weighted by Gasteiger charge is -2.24. The number of nitrogens with zero attached hydrogens (tertiary/aromatic N) is 1. The molecule has 8 heteroatoms. The van der Waals surface area contributed by atoms with Crippen molar-refractivity contribution in [3.8, 4) is 0 Å². The Labute approximate surface area is 129 Å². The molecule has 0 aliphatic carbocycles. The summed E-state index contributed by atoms with van der Waals surface area (Å²) < 4.78 is 9.70. The van der Waals surface area contributed by atoms with E-state index < -0.39 is 35.5 Å². The summed E-state index contributed by atoms with van der Waals surface area (Å²) in [5, 5.41) is 2.46. The van der Waals surface area contributed by atoms with E-state index >= 15 is 0 Å². The number of hydrogen-bond donors (Lipinski definition) is 1. The second-order valence-corrected chi connectivity index (χ2v) is 5.10. The molecule has 1 saturated heterocycles. The molecule has 2 atom stereocenters. The molecule has 0 saturated carbocycles. The van der Waals surface area contributed by atoms with Gasteiger partial charge in [-0.25, -0.2) is 14.5 Å². The average Bonchev–Trinajstić information content (AvgIpc) is 2.63. The van der Waals surface area contributed by atoms with E-state index in [1.807, 2.05) is 0 Å². The van der Waals surface area contributed by atoms with Gasteiger partial charge in [-0.2, -0.15) is 0 Å². The maximum Gasteiger partial charge on any atom is 0.329 e. The van der Waals surface area contributed by atoms with E-state index in [1.54, 1.807) is 20.8 Å². The molecule has 8 nitrogen and oxygen atoms in total. The Morgan fingerprint density at radius 3 is 2.27 bits per heavy atom. The predicted octanol–water partition coefficient (Wildman–Crippen LogP) is 0.592. The Morgan fingerprint density at radius 1 is 1.18 bits per heavy atom. The van der Waals surface area contributed by atoms with Crippen molar-refractivity contribution >= 4 is 23.9 Å². The number of rotatable bonds is 7. The number of ether oxygens (including phenoxy) is 2. The first kappa shape index (κ1) is 17.9. The van der Waals surface area contributed by atoms with Crippen LogP contribution in [0, 0.1) is 0 Å². The third-order valence-corrected chi connectivity index (χ3v) is 3.35. The Morgan fingerprint density at radius 2 is 1.77 bits per heavy atom. The molecule has 1 aliphatic rings. The van der Waals surface area contributed by atoms with Gasteiger partial charge in [0.2, 0.25) is 0 Å². The Kier molecular flexibility index (Phi) is 5.90. The smallest absolute Gasteiger partial charge is 0.329 e. The van der Waals surface area contributed by atoms with E-state index in [9.17, 15) is 19.2 Å². The summed E-state index contributed by atoms with van der Waals surface area (Å²) in [5.41, 5.74) is -1.41. The molecule has 1 rings (SSSR count). The second-order valence-electron chi connectivity index (χ2n) is 5.10. The first-order chi connectivity index (χ1) is 10.3. The first-order valence-corrected chi connectivity index (χ1v) is 7.28. The Bertz CT molecular complexity index is 478. The summed E-state index contributed by atoms with van der Waals surface area (Å²) in [6.07, 6.45) is -0.0609. The Hall–Kier alpha value is -2.12. The van der Waals surface area contributed by atoms with Crippen LogP contribution in [0.25, 0.3) is 0 Å². The fourth-order valence-electron chi connectivity index (χ4n) is 2.30. The van der Waals surface area contributed by atoms with Crippen LogP contribution >= 0.6 is 0 Å². The highest BCUT2D eigenvalue weighted by molar-refractivity contribution is 6.10. The fraction of sp³-hybridized carbons (Fsp3) is 0.714. The molecule has 0 bridgehead atoms. The predicted molar refractivity (Wildman–Crippen MR) is 75.7 cm³/mol. The summed E-state index contributed by atoms with van der Waals surface area (Å²) >= 11 is 0. The van der Waals surface area contributed by atoms with E-state index in [2.05, 4.69) is 5.32 Å². The zero-order valence-electron chi connectivity index (χ0n) is 13.3. The molecule has 2 unspecified atom stereocenters. The molecular weight excluding hydrogens is 292 g/mol. The van der Waals surface area contributed by atoms with Crippen LogP contribution < -0.4 is 5.32 Å². The number of esters is 2. The van der Waals surface area contributed by atoms with Crippen molar-refractivity contribution in [2.24, 2.45) is 0 Å². The van der Waals surface area contributed by atoms with Crippen LogP contribution in [0.1, 0.15) is 40.5 Å². The van der Waals surface area contributed by atoms with Crippen molar-refractivity contribution in [2.75, 3.05) is 13.2 Å². The normalized spacial score (nSPS) is 22.3. The lowest BCUT2D eigenvalue weighted by Crippen LogP contribution is -2.49. The number of imide groups is 1. The van der Waals surface area contributed by atoms with Gasteiger partial charge in [0.1, 0.15) is 11.6 Å². The maximum absolute atomic E-state index is 12.5. The van der Waals surface area contributed by atoms with Gasteiger partial charge < -0.3 is 14.8 Å². The molecule has 1 heterocycles. The van der Waals surface area contributed by atoms with Crippen LogP contribution in [0.5, 0.6) is 0 Å². The van der Waals surface area contributed by atoms with Crippen molar-refractivity contribution in [2.45, 2.75) is 52.1 Å². The first-order valence-electron chi connectivity index (χ1n) is 7.28. The molecule has 3 amide bonds. The third kappa shape index (κ3) is 3.55. The quantitative estimate of drug-likeness (QED) is 0.545. The molecule has 22 heavy (non-hydrogen) atoms. The molecule has 0 aromatic carbocycles. The third-order valence-electron chi connectivity index (χ3n) is 3.35. The zero-order valence-corrected chi connectivity index (χ0v) is 13.3. The molecule has 0 spiro atoms. The second kappa shape index (κ2) is 7.24.